The number of halogens is 2. The molecule has 1 aromatic carbocycles. The topological polar surface area (TPSA) is 32.3 Å². The molecule has 2 nitrogen and oxygen atoms in total. The number of hydrogen-bond donors (Lipinski definition) is 2. The monoisotopic (exact) mass is 345 g/mol. The number of fused-ring (bicyclic) bond motifs is 1. The first-order chi connectivity index (χ1) is 9.09. The molecule has 1 aliphatic heterocycles. The van der Waals surface area contributed by atoms with Crippen molar-refractivity contribution in [2.75, 3.05) is 18.1 Å². The van der Waals surface area contributed by atoms with Gasteiger partial charge in [0.25, 0.3) is 0 Å². The van der Waals surface area contributed by atoms with Gasteiger partial charge in [0.1, 0.15) is 5.82 Å². The molecular formula is C14H17BrFNOS. The van der Waals surface area contributed by atoms with Gasteiger partial charge in [0.2, 0.25) is 0 Å². The second-order valence-corrected chi connectivity index (χ2v) is 7.38. The first-order valence-electron chi connectivity index (χ1n) is 6.59. The first-order valence-corrected chi connectivity index (χ1v) is 8.54. The predicted octanol–water partition coefficient (Wildman–Crippen LogP) is 3.03. The highest BCUT2D eigenvalue weighted by molar-refractivity contribution is 9.10. The molecule has 0 bridgehead atoms. The quantitative estimate of drug-likeness (QED) is 0.883. The van der Waals surface area contributed by atoms with Crippen molar-refractivity contribution < 1.29 is 9.50 Å². The molecule has 0 saturated carbocycles. The number of hydrogen-bond acceptors (Lipinski definition) is 3. The molecule has 1 heterocycles. The summed E-state index contributed by atoms with van der Waals surface area (Å²) in [5.41, 5.74) is 1.27. The van der Waals surface area contributed by atoms with Gasteiger partial charge in [-0.1, -0.05) is 15.9 Å². The Balaban J connectivity index is 1.74. The molecule has 1 fully saturated rings. The third-order valence-electron chi connectivity index (χ3n) is 4.04. The lowest BCUT2D eigenvalue weighted by Gasteiger charge is -2.25. The molecule has 1 saturated heterocycles. The molecule has 0 radical (unpaired) electrons. The number of thioether (sulfide) groups is 1. The van der Waals surface area contributed by atoms with E-state index in [2.05, 4.69) is 21.2 Å². The number of rotatable bonds is 3. The Morgan fingerprint density at radius 3 is 3.11 bits per heavy atom. The fourth-order valence-electron chi connectivity index (χ4n) is 2.93. The van der Waals surface area contributed by atoms with Crippen LogP contribution in [-0.2, 0) is 6.42 Å². The number of benzene rings is 1. The third kappa shape index (κ3) is 2.71. The van der Waals surface area contributed by atoms with E-state index in [0.717, 1.165) is 46.4 Å². The van der Waals surface area contributed by atoms with Crippen LogP contribution in [0.2, 0.25) is 0 Å². The van der Waals surface area contributed by atoms with Crippen LogP contribution in [-0.4, -0.2) is 28.8 Å². The summed E-state index contributed by atoms with van der Waals surface area (Å²) < 4.78 is 14.7. The van der Waals surface area contributed by atoms with Crippen LogP contribution in [0.15, 0.2) is 16.6 Å². The molecule has 5 heteroatoms. The van der Waals surface area contributed by atoms with Crippen LogP contribution < -0.4 is 5.32 Å². The van der Waals surface area contributed by atoms with Crippen molar-refractivity contribution >= 4 is 27.7 Å². The van der Waals surface area contributed by atoms with Gasteiger partial charge < -0.3 is 10.4 Å². The van der Waals surface area contributed by atoms with E-state index in [9.17, 15) is 9.50 Å². The normalized spacial score (nSPS) is 29.7. The maximum absolute atomic E-state index is 13.8. The SMILES string of the molecule is O[C@]1(CN[C@H]2CCc3c(F)ccc(Br)c32)CCSC1. The van der Waals surface area contributed by atoms with Crippen LogP contribution in [0, 0.1) is 5.82 Å². The van der Waals surface area contributed by atoms with E-state index in [4.69, 9.17) is 0 Å². The Bertz CT molecular complexity index is 491. The molecule has 104 valence electrons. The van der Waals surface area contributed by atoms with Gasteiger partial charge >= 0.3 is 0 Å². The summed E-state index contributed by atoms with van der Waals surface area (Å²) in [5.74, 6) is 1.71. The molecular weight excluding hydrogens is 329 g/mol. The number of nitrogens with one attached hydrogen (secondary N) is 1. The van der Waals surface area contributed by atoms with Gasteiger partial charge in [-0.3, -0.25) is 0 Å². The maximum Gasteiger partial charge on any atom is 0.126 e. The Kier molecular flexibility index (Phi) is 3.91. The minimum Gasteiger partial charge on any atom is -0.388 e. The molecule has 2 atom stereocenters. The summed E-state index contributed by atoms with van der Waals surface area (Å²) in [4.78, 5) is 0. The largest absolute Gasteiger partial charge is 0.388 e. The zero-order chi connectivity index (χ0) is 13.5. The van der Waals surface area contributed by atoms with Crippen molar-refractivity contribution in [3.63, 3.8) is 0 Å². The molecule has 0 unspecified atom stereocenters. The highest BCUT2D eigenvalue weighted by Crippen LogP contribution is 2.38. The standard InChI is InChI=1S/C14H17BrFNOS/c15-10-2-3-11(16)9-1-4-12(13(9)10)17-7-14(18)5-6-19-8-14/h2-3,12,17-18H,1,4-8H2/t12-,14-/m0/s1. The third-order valence-corrected chi connectivity index (χ3v) is 5.96. The minimum atomic E-state index is -0.590. The van der Waals surface area contributed by atoms with Crippen molar-refractivity contribution in [1.82, 2.24) is 5.32 Å². The lowest BCUT2D eigenvalue weighted by molar-refractivity contribution is 0.0645. The Labute approximate surface area is 125 Å². The Morgan fingerprint density at radius 1 is 1.53 bits per heavy atom. The lowest BCUT2D eigenvalue weighted by Crippen LogP contribution is -2.41. The van der Waals surface area contributed by atoms with Crippen LogP contribution in [0.25, 0.3) is 0 Å². The zero-order valence-electron chi connectivity index (χ0n) is 10.6. The van der Waals surface area contributed by atoms with Gasteiger partial charge in [-0.2, -0.15) is 11.8 Å². The second-order valence-electron chi connectivity index (χ2n) is 5.42. The van der Waals surface area contributed by atoms with E-state index in [1.807, 2.05) is 0 Å². The van der Waals surface area contributed by atoms with Gasteiger partial charge in [0.05, 0.1) is 5.60 Å². The summed E-state index contributed by atoms with van der Waals surface area (Å²) in [6.07, 6.45) is 2.51. The van der Waals surface area contributed by atoms with Crippen molar-refractivity contribution in [1.29, 1.82) is 0 Å². The molecule has 1 aromatic rings. The summed E-state index contributed by atoms with van der Waals surface area (Å²) in [7, 11) is 0. The summed E-state index contributed by atoms with van der Waals surface area (Å²) >= 11 is 5.31. The maximum atomic E-state index is 13.8. The zero-order valence-corrected chi connectivity index (χ0v) is 13.0. The number of aliphatic hydroxyl groups is 1. The van der Waals surface area contributed by atoms with E-state index in [-0.39, 0.29) is 11.9 Å². The van der Waals surface area contributed by atoms with Crippen LogP contribution in [0.4, 0.5) is 4.39 Å². The van der Waals surface area contributed by atoms with E-state index in [1.54, 1.807) is 17.8 Å². The van der Waals surface area contributed by atoms with Gasteiger partial charge in [0, 0.05) is 22.8 Å². The van der Waals surface area contributed by atoms with Crippen LogP contribution in [0.1, 0.15) is 30.0 Å². The molecule has 0 amide bonds. The van der Waals surface area contributed by atoms with Crippen molar-refractivity contribution in [3.05, 3.63) is 33.5 Å². The van der Waals surface area contributed by atoms with E-state index >= 15 is 0 Å². The second kappa shape index (κ2) is 5.35. The van der Waals surface area contributed by atoms with Crippen LogP contribution >= 0.6 is 27.7 Å². The molecule has 3 rings (SSSR count). The van der Waals surface area contributed by atoms with Gasteiger partial charge in [-0.25, -0.2) is 4.39 Å². The molecule has 2 aliphatic rings. The fraction of sp³-hybridized carbons (Fsp3) is 0.571. The van der Waals surface area contributed by atoms with E-state index in [0.29, 0.717) is 6.54 Å². The highest BCUT2D eigenvalue weighted by Gasteiger charge is 2.34. The predicted molar refractivity (Wildman–Crippen MR) is 80.1 cm³/mol. The lowest BCUT2D eigenvalue weighted by atomic mass is 10.0. The van der Waals surface area contributed by atoms with E-state index in [1.165, 1.54) is 6.07 Å². The van der Waals surface area contributed by atoms with Gasteiger partial charge in [-0.05, 0) is 48.3 Å². The van der Waals surface area contributed by atoms with Crippen LogP contribution in [0.5, 0.6) is 0 Å². The van der Waals surface area contributed by atoms with Crippen molar-refractivity contribution in [3.8, 4) is 0 Å². The summed E-state index contributed by atoms with van der Waals surface area (Å²) in [5, 5.41) is 13.8. The van der Waals surface area contributed by atoms with Crippen molar-refractivity contribution in [2.45, 2.75) is 30.9 Å². The Morgan fingerprint density at radius 2 is 2.37 bits per heavy atom. The minimum absolute atomic E-state index is 0.113. The average Bonchev–Trinajstić information content (AvgIpc) is 2.99. The smallest absolute Gasteiger partial charge is 0.126 e. The molecule has 0 aromatic heterocycles. The van der Waals surface area contributed by atoms with Crippen molar-refractivity contribution in [2.24, 2.45) is 0 Å². The fourth-order valence-corrected chi connectivity index (χ4v) is 4.87. The molecule has 19 heavy (non-hydrogen) atoms. The van der Waals surface area contributed by atoms with E-state index < -0.39 is 5.60 Å². The van der Waals surface area contributed by atoms with Gasteiger partial charge in [0.15, 0.2) is 0 Å². The first kappa shape index (κ1) is 13.9. The molecule has 2 N–H and O–H groups in total. The average molecular weight is 346 g/mol. The summed E-state index contributed by atoms with van der Waals surface area (Å²) in [6.45, 7) is 0.590. The van der Waals surface area contributed by atoms with Crippen LogP contribution in [0.3, 0.4) is 0 Å². The molecule has 1 aliphatic carbocycles. The highest BCUT2D eigenvalue weighted by atomic mass is 79.9. The van der Waals surface area contributed by atoms with Gasteiger partial charge in [-0.15, -0.1) is 0 Å². The Hall–Kier alpha value is -0.100. The molecule has 0 spiro atoms. The summed E-state index contributed by atoms with van der Waals surface area (Å²) in [6, 6.07) is 3.44.